The Labute approximate surface area is 90.5 Å². The van der Waals surface area contributed by atoms with Crippen LogP contribution in [0.25, 0.3) is 0 Å². The first kappa shape index (κ1) is 12.0. The summed E-state index contributed by atoms with van der Waals surface area (Å²) >= 11 is 0. The van der Waals surface area contributed by atoms with Gasteiger partial charge in [-0.05, 0) is 18.8 Å². The second-order valence-electron chi connectivity index (χ2n) is 5.35. The lowest BCUT2D eigenvalue weighted by Crippen LogP contribution is -2.08. The Morgan fingerprint density at radius 2 is 2.07 bits per heavy atom. The van der Waals surface area contributed by atoms with E-state index in [4.69, 9.17) is 0 Å². The first-order valence-corrected chi connectivity index (χ1v) is 5.20. The molecule has 1 atom stereocenters. The smallest absolute Gasteiger partial charge is 0.321 e. The Morgan fingerprint density at radius 3 is 2.47 bits per heavy atom. The lowest BCUT2D eigenvalue weighted by Gasteiger charge is -2.18. The highest BCUT2D eigenvalue weighted by molar-refractivity contribution is 5.95. The lowest BCUT2D eigenvalue weighted by atomic mass is 9.87. The van der Waals surface area contributed by atoms with E-state index in [0.717, 1.165) is 12.0 Å². The van der Waals surface area contributed by atoms with Crippen LogP contribution in [0.5, 0.6) is 0 Å². The van der Waals surface area contributed by atoms with Gasteiger partial charge in [-0.3, -0.25) is 9.59 Å². The van der Waals surface area contributed by atoms with Gasteiger partial charge in [0.1, 0.15) is 0 Å². The monoisotopic (exact) mass is 210 g/mol. The number of ether oxygens (including phenoxy) is 1. The Balaban J connectivity index is 2.63. The van der Waals surface area contributed by atoms with Crippen LogP contribution in [0.3, 0.4) is 0 Å². The van der Waals surface area contributed by atoms with Crippen molar-refractivity contribution in [3.8, 4) is 0 Å². The van der Waals surface area contributed by atoms with E-state index < -0.39 is 11.9 Å². The van der Waals surface area contributed by atoms with Crippen molar-refractivity contribution in [2.45, 2.75) is 40.5 Å². The van der Waals surface area contributed by atoms with Crippen LogP contribution in [-0.4, -0.2) is 11.9 Å². The van der Waals surface area contributed by atoms with E-state index in [9.17, 15) is 9.59 Å². The summed E-state index contributed by atoms with van der Waals surface area (Å²) in [5.41, 5.74) is 1.34. The zero-order valence-corrected chi connectivity index (χ0v) is 9.79. The van der Waals surface area contributed by atoms with Gasteiger partial charge in [-0.1, -0.05) is 32.4 Å². The van der Waals surface area contributed by atoms with Crippen LogP contribution in [0.4, 0.5) is 0 Å². The van der Waals surface area contributed by atoms with Gasteiger partial charge in [0.2, 0.25) is 0 Å². The molecule has 1 saturated heterocycles. The van der Waals surface area contributed by atoms with E-state index in [1.54, 1.807) is 0 Å². The topological polar surface area (TPSA) is 43.4 Å². The van der Waals surface area contributed by atoms with Crippen LogP contribution < -0.4 is 0 Å². The van der Waals surface area contributed by atoms with Crippen molar-refractivity contribution in [2.75, 3.05) is 0 Å². The Bertz CT molecular complexity index is 307. The first-order valence-electron chi connectivity index (χ1n) is 5.20. The molecule has 0 bridgehead atoms. The largest absolute Gasteiger partial charge is 0.393 e. The number of carbonyl (C=O) groups excluding carboxylic acids is 2. The molecule has 0 aliphatic carbocycles. The molecule has 0 aromatic carbocycles. The minimum absolute atomic E-state index is 0.195. The molecule has 1 aliphatic rings. The maximum atomic E-state index is 11.2. The minimum atomic E-state index is -0.412. The fraction of sp³-hybridized carbons (Fsp3) is 0.667. The number of hydrogen-bond acceptors (Lipinski definition) is 3. The molecule has 3 heteroatoms. The van der Waals surface area contributed by atoms with Crippen LogP contribution in [0.15, 0.2) is 11.6 Å². The first-order chi connectivity index (χ1) is 6.78. The summed E-state index contributed by atoms with van der Waals surface area (Å²) in [6.45, 7) is 8.41. The maximum Gasteiger partial charge on any atom is 0.321 e. The Kier molecular flexibility index (Phi) is 3.32. The highest BCUT2D eigenvalue weighted by Crippen LogP contribution is 2.26. The molecule has 1 aliphatic heterocycles. The minimum Gasteiger partial charge on any atom is -0.393 e. The maximum absolute atomic E-state index is 11.2. The van der Waals surface area contributed by atoms with Crippen molar-refractivity contribution in [1.82, 2.24) is 0 Å². The zero-order valence-electron chi connectivity index (χ0n) is 9.79. The van der Waals surface area contributed by atoms with Crippen molar-refractivity contribution in [2.24, 2.45) is 11.3 Å². The van der Waals surface area contributed by atoms with Crippen molar-refractivity contribution in [3.05, 3.63) is 11.6 Å². The second kappa shape index (κ2) is 4.17. The fourth-order valence-electron chi connectivity index (χ4n) is 1.86. The third kappa shape index (κ3) is 3.86. The van der Waals surface area contributed by atoms with Crippen LogP contribution in [0, 0.1) is 11.3 Å². The van der Waals surface area contributed by atoms with Gasteiger partial charge >= 0.3 is 11.9 Å². The van der Waals surface area contributed by atoms with Crippen LogP contribution in [0.2, 0.25) is 0 Å². The zero-order chi connectivity index (χ0) is 11.6. The highest BCUT2D eigenvalue weighted by Gasteiger charge is 2.31. The summed E-state index contributed by atoms with van der Waals surface area (Å²) in [6, 6.07) is 0. The van der Waals surface area contributed by atoms with Crippen molar-refractivity contribution in [1.29, 1.82) is 0 Å². The van der Waals surface area contributed by atoms with Gasteiger partial charge in [-0.15, -0.1) is 0 Å². The molecule has 1 heterocycles. The number of cyclic esters (lactones) is 2. The molecule has 0 N–H and O–H groups in total. The SMILES string of the molecule is C/C(=C\[C@H]1CC(=O)OC1=O)CC(C)(C)C. The van der Waals surface area contributed by atoms with E-state index in [1.807, 2.05) is 13.0 Å². The summed E-state index contributed by atoms with van der Waals surface area (Å²) in [5, 5.41) is 0. The second-order valence-corrected chi connectivity index (χ2v) is 5.35. The van der Waals surface area contributed by atoms with E-state index >= 15 is 0 Å². The van der Waals surface area contributed by atoms with Crippen LogP contribution in [-0.2, 0) is 14.3 Å². The normalized spacial score (nSPS) is 23.2. The summed E-state index contributed by atoms with van der Waals surface area (Å²) in [6.07, 6.45) is 2.98. The summed E-state index contributed by atoms with van der Waals surface area (Å²) < 4.78 is 4.48. The average molecular weight is 210 g/mol. The molecule has 0 unspecified atom stereocenters. The predicted octanol–water partition coefficient (Wildman–Crippen LogP) is 2.46. The van der Waals surface area contributed by atoms with Gasteiger partial charge in [-0.25, -0.2) is 0 Å². The standard InChI is InChI=1S/C12H18O3/c1-8(7-12(2,3)4)5-9-6-10(13)15-11(9)14/h5,9H,6-7H2,1-4H3/b8-5+/t9-/m0/s1. The quantitative estimate of drug-likeness (QED) is 0.399. The van der Waals surface area contributed by atoms with Crippen LogP contribution in [0.1, 0.15) is 40.5 Å². The highest BCUT2D eigenvalue weighted by atomic mass is 16.6. The molecule has 1 rings (SSSR count). The van der Waals surface area contributed by atoms with Gasteiger partial charge in [0.25, 0.3) is 0 Å². The third-order valence-corrected chi connectivity index (χ3v) is 2.20. The average Bonchev–Trinajstić information content (AvgIpc) is 2.25. The molecule has 0 saturated carbocycles. The Morgan fingerprint density at radius 1 is 1.47 bits per heavy atom. The molecule has 0 amide bonds. The fourth-order valence-corrected chi connectivity index (χ4v) is 1.86. The van der Waals surface area contributed by atoms with E-state index in [0.29, 0.717) is 0 Å². The molecular weight excluding hydrogens is 192 g/mol. The molecule has 15 heavy (non-hydrogen) atoms. The number of esters is 2. The number of allylic oxidation sites excluding steroid dienone is 1. The van der Waals surface area contributed by atoms with Gasteiger partial charge in [0.05, 0.1) is 12.3 Å². The van der Waals surface area contributed by atoms with Gasteiger partial charge < -0.3 is 4.74 Å². The predicted molar refractivity (Wildman–Crippen MR) is 57.0 cm³/mol. The molecule has 0 aromatic heterocycles. The molecule has 84 valence electrons. The van der Waals surface area contributed by atoms with Gasteiger partial charge in [0, 0.05) is 0 Å². The van der Waals surface area contributed by atoms with Gasteiger partial charge in [0.15, 0.2) is 0 Å². The molecule has 1 fully saturated rings. The molecular formula is C12H18O3. The Hall–Kier alpha value is -1.12. The third-order valence-electron chi connectivity index (χ3n) is 2.20. The van der Waals surface area contributed by atoms with Crippen molar-refractivity contribution in [3.63, 3.8) is 0 Å². The molecule has 3 nitrogen and oxygen atoms in total. The number of carbonyl (C=O) groups is 2. The summed E-state index contributed by atoms with van der Waals surface area (Å²) in [4.78, 5) is 22.1. The van der Waals surface area contributed by atoms with E-state index in [2.05, 4.69) is 25.5 Å². The van der Waals surface area contributed by atoms with E-state index in [-0.39, 0.29) is 17.8 Å². The van der Waals surface area contributed by atoms with Crippen molar-refractivity contribution >= 4 is 11.9 Å². The lowest BCUT2D eigenvalue weighted by molar-refractivity contribution is -0.152. The molecule has 0 spiro atoms. The van der Waals surface area contributed by atoms with Crippen molar-refractivity contribution < 1.29 is 14.3 Å². The number of rotatable bonds is 2. The van der Waals surface area contributed by atoms with Gasteiger partial charge in [-0.2, -0.15) is 0 Å². The summed E-state index contributed by atoms with van der Waals surface area (Å²) in [5.74, 6) is -1.18. The number of hydrogen-bond donors (Lipinski definition) is 0. The molecule has 0 aromatic rings. The summed E-state index contributed by atoms with van der Waals surface area (Å²) in [7, 11) is 0. The van der Waals surface area contributed by atoms with Crippen LogP contribution >= 0.6 is 0 Å². The van der Waals surface area contributed by atoms with E-state index in [1.165, 1.54) is 0 Å². The molecule has 0 radical (unpaired) electrons.